The molecule has 6 nitrogen and oxygen atoms in total. The van der Waals surface area contributed by atoms with E-state index >= 15 is 0 Å². The third-order valence-corrected chi connectivity index (χ3v) is 3.43. The van der Waals surface area contributed by atoms with Gasteiger partial charge in [-0.05, 0) is 32.4 Å². The minimum absolute atomic E-state index is 0.0992. The molecule has 1 atom stereocenters. The van der Waals surface area contributed by atoms with Gasteiger partial charge in [-0.25, -0.2) is 9.97 Å². The van der Waals surface area contributed by atoms with Gasteiger partial charge in [-0.2, -0.15) is 0 Å². The topological polar surface area (TPSA) is 73.3 Å². The molecule has 0 aliphatic carbocycles. The molecular weight excluding hydrogens is 242 g/mol. The Balaban J connectivity index is 1.73. The van der Waals surface area contributed by atoms with Crippen molar-refractivity contribution in [2.24, 2.45) is 5.92 Å². The lowest BCUT2D eigenvalue weighted by molar-refractivity contribution is 0.311. The summed E-state index contributed by atoms with van der Waals surface area (Å²) in [4.78, 5) is 10.7. The number of aromatic nitrogens is 2. The van der Waals surface area contributed by atoms with Gasteiger partial charge in [-0.3, -0.25) is 0 Å². The Morgan fingerprint density at radius 3 is 2.68 bits per heavy atom. The van der Waals surface area contributed by atoms with Crippen molar-refractivity contribution >= 4 is 11.6 Å². The molecule has 2 rings (SSSR count). The molecule has 106 valence electrons. The first-order chi connectivity index (χ1) is 9.28. The van der Waals surface area contributed by atoms with Gasteiger partial charge in [0, 0.05) is 25.7 Å². The highest BCUT2D eigenvalue weighted by Gasteiger charge is 2.18. The van der Waals surface area contributed by atoms with Gasteiger partial charge in [0.25, 0.3) is 0 Å². The molecule has 1 aromatic heterocycles. The van der Waals surface area contributed by atoms with Crippen molar-refractivity contribution in [3.63, 3.8) is 0 Å². The standard InChI is InChI=1S/C13H23N5O/c1-18-6-3-11(9-18)2-4-14-12-8-13(15-5-7-19)17-10-16-12/h8,10-11,19H,2-7,9H2,1H3,(H2,14,15,16,17). The van der Waals surface area contributed by atoms with Gasteiger partial charge < -0.3 is 20.6 Å². The van der Waals surface area contributed by atoms with E-state index in [4.69, 9.17) is 5.11 Å². The van der Waals surface area contributed by atoms with E-state index in [0.29, 0.717) is 6.54 Å². The first-order valence-corrected chi connectivity index (χ1v) is 6.87. The average molecular weight is 265 g/mol. The highest BCUT2D eigenvalue weighted by atomic mass is 16.3. The number of rotatable bonds is 7. The van der Waals surface area contributed by atoms with Crippen molar-refractivity contribution in [1.29, 1.82) is 0 Å². The van der Waals surface area contributed by atoms with Crippen LogP contribution in [0.3, 0.4) is 0 Å². The molecule has 1 unspecified atom stereocenters. The molecular formula is C13H23N5O. The van der Waals surface area contributed by atoms with Gasteiger partial charge in [-0.1, -0.05) is 0 Å². The van der Waals surface area contributed by atoms with Crippen LogP contribution >= 0.6 is 0 Å². The Labute approximate surface area is 114 Å². The summed E-state index contributed by atoms with van der Waals surface area (Å²) in [5.74, 6) is 2.38. The molecule has 1 saturated heterocycles. The molecule has 1 aliphatic heterocycles. The number of nitrogens with one attached hydrogen (secondary N) is 2. The fourth-order valence-electron chi connectivity index (χ4n) is 2.40. The summed E-state index contributed by atoms with van der Waals surface area (Å²) >= 11 is 0. The maximum absolute atomic E-state index is 8.76. The van der Waals surface area contributed by atoms with Crippen molar-refractivity contribution < 1.29 is 5.11 Å². The molecule has 3 N–H and O–H groups in total. The van der Waals surface area contributed by atoms with Crippen LogP contribution in [0.1, 0.15) is 12.8 Å². The highest BCUT2D eigenvalue weighted by Crippen LogP contribution is 2.18. The molecule has 6 heteroatoms. The largest absolute Gasteiger partial charge is 0.395 e. The maximum atomic E-state index is 8.76. The molecule has 0 amide bonds. The molecule has 1 aliphatic rings. The number of aliphatic hydroxyl groups is 1. The third-order valence-electron chi connectivity index (χ3n) is 3.43. The normalized spacial score (nSPS) is 19.6. The summed E-state index contributed by atoms with van der Waals surface area (Å²) in [5, 5.41) is 15.1. The van der Waals surface area contributed by atoms with Gasteiger partial charge in [-0.15, -0.1) is 0 Å². The second-order valence-corrected chi connectivity index (χ2v) is 5.07. The van der Waals surface area contributed by atoms with Crippen LogP contribution in [0.2, 0.25) is 0 Å². The molecule has 0 bridgehead atoms. The van der Waals surface area contributed by atoms with E-state index < -0.39 is 0 Å². The van der Waals surface area contributed by atoms with Crippen LogP contribution in [0.4, 0.5) is 11.6 Å². The number of nitrogens with zero attached hydrogens (tertiary/aromatic N) is 3. The zero-order valence-corrected chi connectivity index (χ0v) is 11.5. The first kappa shape index (κ1) is 14.0. The molecule has 2 heterocycles. The lowest BCUT2D eigenvalue weighted by Crippen LogP contribution is -2.16. The van der Waals surface area contributed by atoms with Crippen molar-refractivity contribution in [3.05, 3.63) is 12.4 Å². The van der Waals surface area contributed by atoms with Crippen LogP contribution in [0.25, 0.3) is 0 Å². The summed E-state index contributed by atoms with van der Waals surface area (Å²) in [5.41, 5.74) is 0. The van der Waals surface area contributed by atoms with E-state index in [1.807, 2.05) is 6.07 Å². The maximum Gasteiger partial charge on any atom is 0.131 e. The van der Waals surface area contributed by atoms with Gasteiger partial charge in [0.1, 0.15) is 18.0 Å². The van der Waals surface area contributed by atoms with Gasteiger partial charge in [0.15, 0.2) is 0 Å². The van der Waals surface area contributed by atoms with Gasteiger partial charge in [0.05, 0.1) is 6.61 Å². The number of hydrogen-bond donors (Lipinski definition) is 3. The van der Waals surface area contributed by atoms with Crippen molar-refractivity contribution in [2.45, 2.75) is 12.8 Å². The van der Waals surface area contributed by atoms with E-state index in [0.717, 1.165) is 24.1 Å². The zero-order chi connectivity index (χ0) is 13.5. The SMILES string of the molecule is CN1CCC(CCNc2cc(NCCO)ncn2)C1. The second kappa shape index (κ2) is 7.25. The predicted octanol–water partition coefficient (Wildman–Crippen LogP) is 0.634. The van der Waals surface area contributed by atoms with E-state index in [1.165, 1.54) is 32.3 Å². The minimum Gasteiger partial charge on any atom is -0.395 e. The van der Waals surface area contributed by atoms with Crippen LogP contribution < -0.4 is 10.6 Å². The fourth-order valence-corrected chi connectivity index (χ4v) is 2.40. The third kappa shape index (κ3) is 4.65. The minimum atomic E-state index is 0.0992. The zero-order valence-electron chi connectivity index (χ0n) is 11.5. The Morgan fingerprint density at radius 2 is 2.05 bits per heavy atom. The summed E-state index contributed by atoms with van der Waals surface area (Å²) in [6.07, 6.45) is 4.00. The number of likely N-dealkylation sites (tertiary alicyclic amines) is 1. The summed E-state index contributed by atoms with van der Waals surface area (Å²) in [6.45, 7) is 3.96. The molecule has 1 fully saturated rings. The molecule has 0 saturated carbocycles. The molecule has 19 heavy (non-hydrogen) atoms. The molecule has 0 spiro atoms. The highest BCUT2D eigenvalue weighted by molar-refractivity contribution is 5.46. The quantitative estimate of drug-likeness (QED) is 0.672. The average Bonchev–Trinajstić information content (AvgIpc) is 2.83. The van der Waals surface area contributed by atoms with Crippen LogP contribution in [-0.4, -0.2) is 59.8 Å². The Hall–Kier alpha value is -1.40. The van der Waals surface area contributed by atoms with Crippen molar-refractivity contribution in [2.75, 3.05) is 50.5 Å². The lowest BCUT2D eigenvalue weighted by Gasteiger charge is -2.12. The Kier molecular flexibility index (Phi) is 5.35. The monoisotopic (exact) mass is 265 g/mol. The van der Waals surface area contributed by atoms with Crippen LogP contribution in [0.15, 0.2) is 12.4 Å². The first-order valence-electron chi connectivity index (χ1n) is 6.87. The van der Waals surface area contributed by atoms with Crippen LogP contribution in [0, 0.1) is 5.92 Å². The second-order valence-electron chi connectivity index (χ2n) is 5.07. The van der Waals surface area contributed by atoms with E-state index in [-0.39, 0.29) is 6.61 Å². The number of anilines is 2. The number of hydrogen-bond acceptors (Lipinski definition) is 6. The number of aliphatic hydroxyl groups excluding tert-OH is 1. The Bertz CT molecular complexity index is 387. The van der Waals surface area contributed by atoms with E-state index in [9.17, 15) is 0 Å². The van der Waals surface area contributed by atoms with Crippen LogP contribution in [-0.2, 0) is 0 Å². The van der Waals surface area contributed by atoms with Crippen LogP contribution in [0.5, 0.6) is 0 Å². The molecule has 0 aromatic carbocycles. The van der Waals surface area contributed by atoms with Crippen molar-refractivity contribution in [1.82, 2.24) is 14.9 Å². The summed E-state index contributed by atoms with van der Waals surface area (Å²) in [6, 6.07) is 1.87. The predicted molar refractivity (Wildman–Crippen MR) is 76.3 cm³/mol. The summed E-state index contributed by atoms with van der Waals surface area (Å²) in [7, 11) is 2.18. The fraction of sp³-hybridized carbons (Fsp3) is 0.692. The summed E-state index contributed by atoms with van der Waals surface area (Å²) < 4.78 is 0. The molecule has 0 radical (unpaired) electrons. The Morgan fingerprint density at radius 1 is 1.32 bits per heavy atom. The van der Waals surface area contributed by atoms with Crippen molar-refractivity contribution in [3.8, 4) is 0 Å². The smallest absolute Gasteiger partial charge is 0.131 e. The lowest BCUT2D eigenvalue weighted by atomic mass is 10.1. The van der Waals surface area contributed by atoms with E-state index in [1.54, 1.807) is 0 Å². The van der Waals surface area contributed by atoms with Gasteiger partial charge >= 0.3 is 0 Å². The molecule has 1 aromatic rings. The van der Waals surface area contributed by atoms with E-state index in [2.05, 4.69) is 32.5 Å². The van der Waals surface area contributed by atoms with Gasteiger partial charge in [0.2, 0.25) is 0 Å².